The summed E-state index contributed by atoms with van der Waals surface area (Å²) in [4.78, 5) is 24.4. The number of nitrogens with one attached hydrogen (secondary N) is 1. The second-order valence-electron chi connectivity index (χ2n) is 4.53. The molecule has 7 nitrogen and oxygen atoms in total. The van der Waals surface area contributed by atoms with Crippen LogP contribution < -0.4 is 10.2 Å². The highest BCUT2D eigenvalue weighted by Gasteiger charge is 2.34. The SMILES string of the molecule is CCOC(=O)C1CNCCN1c1cccc(Cl)c1[N+](=O)[O-]. The molecule has 114 valence electrons. The van der Waals surface area contributed by atoms with E-state index in [-0.39, 0.29) is 17.3 Å². The first-order valence-electron chi connectivity index (χ1n) is 6.63. The highest BCUT2D eigenvalue weighted by molar-refractivity contribution is 6.33. The van der Waals surface area contributed by atoms with Crippen molar-refractivity contribution in [3.05, 3.63) is 33.3 Å². The Bertz CT molecular complexity index is 552. The Labute approximate surface area is 127 Å². The van der Waals surface area contributed by atoms with Gasteiger partial charge in [-0.2, -0.15) is 0 Å². The fraction of sp³-hybridized carbons (Fsp3) is 0.462. The fourth-order valence-corrected chi connectivity index (χ4v) is 2.60. The predicted molar refractivity (Wildman–Crippen MR) is 78.7 cm³/mol. The van der Waals surface area contributed by atoms with E-state index >= 15 is 0 Å². The van der Waals surface area contributed by atoms with Crippen molar-refractivity contribution in [2.75, 3.05) is 31.1 Å². The zero-order chi connectivity index (χ0) is 15.4. The molecule has 1 saturated heterocycles. The molecule has 0 saturated carbocycles. The van der Waals surface area contributed by atoms with E-state index in [1.54, 1.807) is 24.0 Å². The molecule has 1 atom stereocenters. The third kappa shape index (κ3) is 3.25. The topological polar surface area (TPSA) is 84.7 Å². The minimum atomic E-state index is -0.601. The van der Waals surface area contributed by atoms with Crippen LogP contribution in [-0.4, -0.2) is 43.2 Å². The van der Waals surface area contributed by atoms with Crippen LogP contribution in [0.1, 0.15) is 6.92 Å². The number of esters is 1. The van der Waals surface area contributed by atoms with Crippen LogP contribution in [0.25, 0.3) is 0 Å². The minimum Gasteiger partial charge on any atom is -0.464 e. The van der Waals surface area contributed by atoms with E-state index in [1.807, 2.05) is 0 Å². The number of hydrogen-bond donors (Lipinski definition) is 1. The van der Waals surface area contributed by atoms with Crippen LogP contribution in [0.3, 0.4) is 0 Å². The normalized spacial score (nSPS) is 18.4. The first kappa shape index (κ1) is 15.5. The van der Waals surface area contributed by atoms with Gasteiger partial charge >= 0.3 is 11.7 Å². The van der Waals surface area contributed by atoms with Gasteiger partial charge in [0.05, 0.1) is 11.5 Å². The number of benzene rings is 1. The Hall–Kier alpha value is -1.86. The van der Waals surface area contributed by atoms with E-state index in [1.165, 1.54) is 6.07 Å². The Morgan fingerprint density at radius 2 is 2.38 bits per heavy atom. The van der Waals surface area contributed by atoms with Crippen LogP contribution in [0, 0.1) is 10.1 Å². The molecule has 1 aliphatic rings. The number of anilines is 1. The van der Waals surface area contributed by atoms with Gasteiger partial charge in [0, 0.05) is 19.6 Å². The lowest BCUT2D eigenvalue weighted by Gasteiger charge is -2.35. The van der Waals surface area contributed by atoms with Crippen LogP contribution in [-0.2, 0) is 9.53 Å². The lowest BCUT2D eigenvalue weighted by atomic mass is 10.1. The van der Waals surface area contributed by atoms with E-state index in [0.717, 1.165) is 0 Å². The first-order chi connectivity index (χ1) is 10.1. The van der Waals surface area contributed by atoms with Gasteiger partial charge in [-0.15, -0.1) is 0 Å². The average molecular weight is 314 g/mol. The maximum absolute atomic E-state index is 12.0. The van der Waals surface area contributed by atoms with E-state index in [9.17, 15) is 14.9 Å². The molecule has 1 aromatic rings. The van der Waals surface area contributed by atoms with Gasteiger partial charge in [0.1, 0.15) is 16.8 Å². The standard InChI is InChI=1S/C13H16ClN3O4/c1-2-21-13(18)11-8-15-6-7-16(11)10-5-3-4-9(14)12(10)17(19)20/h3-5,11,15H,2,6-8H2,1H3. The lowest BCUT2D eigenvalue weighted by Crippen LogP contribution is -2.55. The average Bonchev–Trinajstić information content (AvgIpc) is 2.47. The molecule has 2 rings (SSSR count). The molecule has 21 heavy (non-hydrogen) atoms. The van der Waals surface area contributed by atoms with Crippen molar-refractivity contribution in [3.8, 4) is 0 Å². The van der Waals surface area contributed by atoms with Gasteiger partial charge in [0.15, 0.2) is 0 Å². The van der Waals surface area contributed by atoms with Gasteiger partial charge in [-0.05, 0) is 19.1 Å². The molecular formula is C13H16ClN3O4. The van der Waals surface area contributed by atoms with Gasteiger partial charge in [0.2, 0.25) is 0 Å². The molecule has 1 unspecified atom stereocenters. The fourth-order valence-electron chi connectivity index (χ4n) is 2.36. The summed E-state index contributed by atoms with van der Waals surface area (Å²) in [6.45, 7) is 3.45. The third-order valence-corrected chi connectivity index (χ3v) is 3.56. The summed E-state index contributed by atoms with van der Waals surface area (Å²) in [7, 11) is 0. The summed E-state index contributed by atoms with van der Waals surface area (Å²) >= 11 is 5.93. The Morgan fingerprint density at radius 3 is 3.05 bits per heavy atom. The van der Waals surface area contributed by atoms with Crippen molar-refractivity contribution in [2.24, 2.45) is 0 Å². The second kappa shape index (κ2) is 6.73. The summed E-state index contributed by atoms with van der Waals surface area (Å²) in [5.74, 6) is -0.404. The molecule has 1 fully saturated rings. The quantitative estimate of drug-likeness (QED) is 0.516. The molecule has 1 N–H and O–H groups in total. The van der Waals surface area contributed by atoms with Gasteiger partial charge in [-0.3, -0.25) is 10.1 Å². The van der Waals surface area contributed by atoms with Crippen LogP contribution >= 0.6 is 11.6 Å². The number of para-hydroxylation sites is 1. The van der Waals surface area contributed by atoms with Crippen molar-refractivity contribution < 1.29 is 14.5 Å². The molecule has 0 aromatic heterocycles. The first-order valence-corrected chi connectivity index (χ1v) is 7.01. The second-order valence-corrected chi connectivity index (χ2v) is 4.94. The van der Waals surface area contributed by atoms with Crippen LogP contribution in [0.2, 0.25) is 5.02 Å². The smallest absolute Gasteiger partial charge is 0.330 e. The summed E-state index contributed by atoms with van der Waals surface area (Å²) in [5.41, 5.74) is 0.155. The molecule has 0 radical (unpaired) electrons. The minimum absolute atomic E-state index is 0.0543. The molecule has 8 heteroatoms. The van der Waals surface area contributed by atoms with Crippen molar-refractivity contribution >= 4 is 28.9 Å². The largest absolute Gasteiger partial charge is 0.464 e. The summed E-state index contributed by atoms with van der Waals surface area (Å²) in [5, 5.41) is 14.4. The number of rotatable bonds is 4. The lowest BCUT2D eigenvalue weighted by molar-refractivity contribution is -0.384. The number of ether oxygens (including phenoxy) is 1. The number of nitro benzene ring substituents is 1. The number of halogens is 1. The monoisotopic (exact) mass is 313 g/mol. The number of nitrogens with zero attached hydrogens (tertiary/aromatic N) is 2. The Morgan fingerprint density at radius 1 is 1.62 bits per heavy atom. The van der Waals surface area contributed by atoms with Crippen LogP contribution in [0.4, 0.5) is 11.4 Å². The number of piperazine rings is 1. The van der Waals surface area contributed by atoms with E-state index in [4.69, 9.17) is 16.3 Å². The molecular weight excluding hydrogens is 298 g/mol. The van der Waals surface area contributed by atoms with Crippen molar-refractivity contribution in [1.29, 1.82) is 0 Å². The number of carbonyl (C=O) groups excluding carboxylic acids is 1. The van der Waals surface area contributed by atoms with Crippen molar-refractivity contribution in [3.63, 3.8) is 0 Å². The molecule has 0 amide bonds. The molecule has 0 spiro atoms. The van der Waals surface area contributed by atoms with Crippen molar-refractivity contribution in [2.45, 2.75) is 13.0 Å². The van der Waals surface area contributed by atoms with Crippen LogP contribution in [0.5, 0.6) is 0 Å². The summed E-state index contributed by atoms with van der Waals surface area (Å²) in [6.07, 6.45) is 0. The number of nitro groups is 1. The maximum atomic E-state index is 12.0. The summed E-state index contributed by atoms with van der Waals surface area (Å²) < 4.78 is 5.04. The zero-order valence-electron chi connectivity index (χ0n) is 11.5. The van der Waals surface area contributed by atoms with Crippen molar-refractivity contribution in [1.82, 2.24) is 5.32 Å². The van der Waals surface area contributed by atoms with Gasteiger partial charge in [0.25, 0.3) is 0 Å². The molecule has 0 aliphatic carbocycles. The van der Waals surface area contributed by atoms with Gasteiger partial charge in [-0.25, -0.2) is 4.79 Å². The van der Waals surface area contributed by atoms with Gasteiger partial charge in [-0.1, -0.05) is 17.7 Å². The predicted octanol–water partition coefficient (Wildman–Crippen LogP) is 1.59. The zero-order valence-corrected chi connectivity index (χ0v) is 12.3. The number of hydrogen-bond acceptors (Lipinski definition) is 6. The Kier molecular flexibility index (Phi) is 4.98. The van der Waals surface area contributed by atoms with E-state index in [2.05, 4.69) is 5.32 Å². The van der Waals surface area contributed by atoms with E-state index in [0.29, 0.717) is 25.3 Å². The summed E-state index contributed by atoms with van der Waals surface area (Å²) in [6, 6.07) is 4.09. The maximum Gasteiger partial charge on any atom is 0.330 e. The highest BCUT2D eigenvalue weighted by Crippen LogP contribution is 2.36. The molecule has 1 aliphatic heterocycles. The highest BCUT2D eigenvalue weighted by atomic mass is 35.5. The van der Waals surface area contributed by atoms with Crippen LogP contribution in [0.15, 0.2) is 18.2 Å². The Balaban J connectivity index is 2.40. The van der Waals surface area contributed by atoms with Gasteiger partial charge < -0.3 is 15.0 Å². The molecule has 0 bridgehead atoms. The molecule has 1 heterocycles. The van der Waals surface area contributed by atoms with E-state index < -0.39 is 16.9 Å². The number of carbonyl (C=O) groups is 1. The molecule has 1 aromatic carbocycles. The third-order valence-electron chi connectivity index (χ3n) is 3.26.